The summed E-state index contributed by atoms with van der Waals surface area (Å²) >= 11 is 0. The fraction of sp³-hybridized carbons (Fsp3) is 0.304. The molecular weight excluding hydrogens is 885 g/mol. The van der Waals surface area contributed by atoms with E-state index >= 15 is 0 Å². The maximum Gasteiger partial charge on any atom is 0.418 e. The number of para-hydroxylation sites is 2. The van der Waals surface area contributed by atoms with Crippen LogP contribution >= 0.6 is 24.8 Å². The standard InChI is InChI=1S/2C23H20F3N3O2.2ClH/c2*24-23(25,26)18-11-15(29-13-5-6-14(29)8-7-13)9-10-20(18)28-22(31)17-12-27-19-4-2-1-3-16(19)21(17)30;;/h2*1-4,9-14H,5-8H2,(H,27,30)(H,28,31);2*1H. The second kappa shape index (κ2) is 17.9. The third kappa shape index (κ3) is 8.64. The van der Waals surface area contributed by atoms with Gasteiger partial charge >= 0.3 is 12.4 Å². The van der Waals surface area contributed by atoms with Crippen LogP contribution in [0.1, 0.15) is 83.2 Å². The smallest absolute Gasteiger partial charge is 0.366 e. The SMILES string of the molecule is Cl.Cl.O=C(Nc1ccc(N2C3CCC2CC3)cc1C(F)(F)F)c1c[nH]c2ccccc2c1=O.O=C(Nc1ccc(N2C3CCC2CC3)cc1C(F)(F)F)c1c[nH]c2ccccc2c1=O. The zero-order valence-electron chi connectivity index (χ0n) is 33.8. The molecule has 0 spiro atoms. The molecule has 64 heavy (non-hydrogen) atoms. The van der Waals surface area contributed by atoms with Crippen LogP contribution in [0, 0.1) is 0 Å². The number of pyridine rings is 2. The van der Waals surface area contributed by atoms with Crippen LogP contribution in [0.2, 0.25) is 0 Å². The summed E-state index contributed by atoms with van der Waals surface area (Å²) in [5, 5.41) is 5.19. The Morgan fingerprint density at radius 3 is 1.17 bits per heavy atom. The minimum Gasteiger partial charge on any atom is -0.366 e. The number of nitrogens with zero attached hydrogens (tertiary/aromatic N) is 2. The van der Waals surface area contributed by atoms with E-state index in [1.54, 1.807) is 60.7 Å². The van der Waals surface area contributed by atoms with Gasteiger partial charge in [-0.05, 0) is 112 Å². The summed E-state index contributed by atoms with van der Waals surface area (Å²) in [5.74, 6) is -1.77. The summed E-state index contributed by atoms with van der Waals surface area (Å²) in [6, 6.07) is 22.4. The number of H-pyrrole nitrogens is 2. The van der Waals surface area contributed by atoms with E-state index in [-0.39, 0.29) is 71.5 Å². The monoisotopic (exact) mass is 926 g/mol. The molecule has 4 bridgehead atoms. The molecule has 4 aromatic carbocycles. The third-order valence-electron chi connectivity index (χ3n) is 12.7. The molecule has 18 heteroatoms. The molecule has 10 nitrogen and oxygen atoms in total. The highest BCUT2D eigenvalue weighted by atomic mass is 35.5. The Hall–Kier alpha value is -6.00. The first kappa shape index (κ1) is 46.0. The average molecular weight is 928 g/mol. The number of fused-ring (bicyclic) bond motifs is 6. The molecule has 0 unspecified atom stereocenters. The predicted molar refractivity (Wildman–Crippen MR) is 239 cm³/mol. The van der Waals surface area contributed by atoms with Gasteiger partial charge in [0.25, 0.3) is 11.8 Å². The molecule has 4 fully saturated rings. The lowest BCUT2D eigenvalue weighted by molar-refractivity contribution is -0.137. The van der Waals surface area contributed by atoms with Gasteiger partial charge < -0.3 is 30.4 Å². The van der Waals surface area contributed by atoms with Crippen molar-refractivity contribution in [3.8, 4) is 0 Å². The fourth-order valence-corrected chi connectivity index (χ4v) is 9.79. The number of amides is 2. The van der Waals surface area contributed by atoms with Crippen molar-refractivity contribution in [3.05, 3.63) is 140 Å². The molecule has 0 aliphatic carbocycles. The van der Waals surface area contributed by atoms with Crippen molar-refractivity contribution < 1.29 is 35.9 Å². The number of carbonyl (C=O) groups excluding carboxylic acids is 2. The Kier molecular flexibility index (Phi) is 12.8. The number of aromatic amines is 2. The van der Waals surface area contributed by atoms with Crippen LogP contribution in [-0.2, 0) is 12.4 Å². The molecule has 10 rings (SSSR count). The van der Waals surface area contributed by atoms with E-state index in [4.69, 9.17) is 0 Å². The van der Waals surface area contributed by atoms with Crippen molar-refractivity contribution in [3.63, 3.8) is 0 Å². The number of alkyl halides is 6. The molecule has 6 aromatic rings. The highest BCUT2D eigenvalue weighted by molar-refractivity contribution is 6.07. The third-order valence-corrected chi connectivity index (χ3v) is 12.7. The fourth-order valence-electron chi connectivity index (χ4n) is 9.79. The molecule has 0 atom stereocenters. The highest BCUT2D eigenvalue weighted by Crippen LogP contribution is 2.46. The first-order valence-electron chi connectivity index (χ1n) is 20.5. The number of hydrogen-bond acceptors (Lipinski definition) is 6. The first-order valence-corrected chi connectivity index (χ1v) is 20.5. The van der Waals surface area contributed by atoms with E-state index in [0.717, 1.165) is 63.5 Å². The maximum absolute atomic E-state index is 13.8. The van der Waals surface area contributed by atoms with Crippen molar-refractivity contribution in [2.75, 3.05) is 20.4 Å². The molecule has 2 aromatic heterocycles. The Morgan fingerprint density at radius 1 is 0.516 bits per heavy atom. The van der Waals surface area contributed by atoms with Crippen LogP contribution in [0.5, 0.6) is 0 Å². The normalized spacial score (nSPS) is 19.8. The van der Waals surface area contributed by atoms with Gasteiger partial charge in [0.05, 0.1) is 22.5 Å². The minimum atomic E-state index is -4.65. The number of anilines is 4. The molecule has 4 N–H and O–H groups in total. The Balaban J connectivity index is 0.000000186. The van der Waals surface area contributed by atoms with Gasteiger partial charge in [0, 0.05) is 69.7 Å². The number of halogens is 8. The van der Waals surface area contributed by atoms with E-state index < -0.39 is 46.2 Å². The number of carbonyl (C=O) groups is 2. The van der Waals surface area contributed by atoms with Gasteiger partial charge in [0.2, 0.25) is 10.9 Å². The molecule has 4 aliphatic rings. The number of hydrogen-bond donors (Lipinski definition) is 4. The number of aromatic nitrogens is 2. The molecule has 2 amide bonds. The van der Waals surface area contributed by atoms with Gasteiger partial charge in [-0.15, -0.1) is 24.8 Å². The second-order valence-electron chi connectivity index (χ2n) is 16.3. The summed E-state index contributed by atoms with van der Waals surface area (Å²) < 4.78 is 83.0. The topological polar surface area (TPSA) is 130 Å². The van der Waals surface area contributed by atoms with Crippen LogP contribution in [0.15, 0.2) is 107 Å². The minimum absolute atomic E-state index is 0. The second-order valence-corrected chi connectivity index (χ2v) is 16.3. The van der Waals surface area contributed by atoms with Crippen LogP contribution in [0.3, 0.4) is 0 Å². The molecule has 0 saturated carbocycles. The summed E-state index contributed by atoms with van der Waals surface area (Å²) in [4.78, 5) is 60.5. The van der Waals surface area contributed by atoms with Crippen molar-refractivity contribution in [2.45, 2.75) is 87.9 Å². The van der Waals surface area contributed by atoms with Crippen LogP contribution in [0.25, 0.3) is 21.8 Å². The average Bonchev–Trinajstić information content (AvgIpc) is 4.06. The molecular formula is C46H42Cl2F6N6O4. The van der Waals surface area contributed by atoms with Gasteiger partial charge in [-0.2, -0.15) is 26.3 Å². The van der Waals surface area contributed by atoms with E-state index in [1.165, 1.54) is 24.5 Å². The van der Waals surface area contributed by atoms with E-state index in [2.05, 4.69) is 30.4 Å². The molecule has 0 radical (unpaired) electrons. The largest absolute Gasteiger partial charge is 0.418 e. The van der Waals surface area contributed by atoms with E-state index in [0.29, 0.717) is 33.2 Å². The van der Waals surface area contributed by atoms with Crippen molar-refractivity contribution in [1.82, 2.24) is 9.97 Å². The lowest BCUT2D eigenvalue weighted by Crippen LogP contribution is -2.28. The number of benzene rings is 4. The van der Waals surface area contributed by atoms with Gasteiger partial charge in [0.15, 0.2) is 0 Å². The number of nitrogens with one attached hydrogen (secondary N) is 4. The quantitative estimate of drug-likeness (QED) is 0.123. The van der Waals surface area contributed by atoms with Crippen molar-refractivity contribution in [2.24, 2.45) is 0 Å². The van der Waals surface area contributed by atoms with E-state index in [9.17, 15) is 45.5 Å². The number of rotatable bonds is 6. The Labute approximate surface area is 374 Å². The first-order chi connectivity index (χ1) is 29.7. The Bertz CT molecular complexity index is 2630. The van der Waals surface area contributed by atoms with Gasteiger partial charge in [-0.25, -0.2) is 0 Å². The van der Waals surface area contributed by atoms with Crippen LogP contribution in [0.4, 0.5) is 49.1 Å². The van der Waals surface area contributed by atoms with Crippen LogP contribution < -0.4 is 31.3 Å². The van der Waals surface area contributed by atoms with Crippen molar-refractivity contribution in [1.29, 1.82) is 0 Å². The zero-order chi connectivity index (χ0) is 43.5. The lowest BCUT2D eigenvalue weighted by Gasteiger charge is -2.26. The zero-order valence-corrected chi connectivity index (χ0v) is 35.4. The van der Waals surface area contributed by atoms with Crippen LogP contribution in [-0.4, -0.2) is 45.9 Å². The molecule has 4 aliphatic heterocycles. The lowest BCUT2D eigenvalue weighted by atomic mass is 10.0. The molecule has 6 heterocycles. The van der Waals surface area contributed by atoms with Gasteiger partial charge in [-0.3, -0.25) is 19.2 Å². The molecule has 336 valence electrons. The van der Waals surface area contributed by atoms with Gasteiger partial charge in [-0.1, -0.05) is 24.3 Å². The predicted octanol–water partition coefficient (Wildman–Crippen LogP) is 10.7. The maximum atomic E-state index is 13.8. The summed E-state index contributed by atoms with van der Waals surface area (Å²) in [6.07, 6.45) is 1.12. The molecule has 4 saturated heterocycles. The summed E-state index contributed by atoms with van der Waals surface area (Å²) in [7, 11) is 0. The summed E-state index contributed by atoms with van der Waals surface area (Å²) in [6.45, 7) is 0. The highest BCUT2D eigenvalue weighted by Gasteiger charge is 2.43. The van der Waals surface area contributed by atoms with Crippen molar-refractivity contribution >= 4 is 81.2 Å². The van der Waals surface area contributed by atoms with E-state index in [1.807, 2.05) is 0 Å². The van der Waals surface area contributed by atoms with Gasteiger partial charge in [0.1, 0.15) is 11.1 Å². The Morgan fingerprint density at radius 2 is 0.844 bits per heavy atom. The summed E-state index contributed by atoms with van der Waals surface area (Å²) in [5.41, 5.74) is -1.96.